The lowest BCUT2D eigenvalue weighted by molar-refractivity contribution is 1.30. The van der Waals surface area contributed by atoms with Crippen LogP contribution < -0.4 is 4.90 Å². The number of thiophene rings is 1. The molecule has 2 heteroatoms. The molecule has 9 aromatic carbocycles. The van der Waals surface area contributed by atoms with E-state index in [2.05, 4.69) is 205 Å². The zero-order chi connectivity index (χ0) is 34.4. The van der Waals surface area contributed by atoms with Crippen molar-refractivity contribution in [2.45, 2.75) is 0 Å². The van der Waals surface area contributed by atoms with Crippen molar-refractivity contribution in [1.29, 1.82) is 0 Å². The highest BCUT2D eigenvalue weighted by Crippen LogP contribution is 2.46. The van der Waals surface area contributed by atoms with E-state index >= 15 is 0 Å². The summed E-state index contributed by atoms with van der Waals surface area (Å²) in [6.45, 7) is 0. The third kappa shape index (κ3) is 5.24. The van der Waals surface area contributed by atoms with Gasteiger partial charge < -0.3 is 4.90 Å². The van der Waals surface area contributed by atoms with E-state index in [0.29, 0.717) is 0 Å². The van der Waals surface area contributed by atoms with Crippen molar-refractivity contribution in [1.82, 2.24) is 0 Å². The second-order valence-corrected chi connectivity index (χ2v) is 14.4. The van der Waals surface area contributed by atoms with E-state index < -0.39 is 0 Å². The molecule has 0 fully saturated rings. The Labute approximate surface area is 307 Å². The maximum absolute atomic E-state index is 2.43. The predicted octanol–water partition coefficient (Wildman–Crippen LogP) is 14.8. The van der Waals surface area contributed by atoms with Crippen LogP contribution in [0.2, 0.25) is 0 Å². The lowest BCUT2D eigenvalue weighted by Gasteiger charge is -2.27. The summed E-state index contributed by atoms with van der Waals surface area (Å²) in [6, 6.07) is 72.8. The Morgan fingerprint density at radius 1 is 0.327 bits per heavy atom. The molecule has 10 aromatic rings. The summed E-state index contributed by atoms with van der Waals surface area (Å²) < 4.78 is 2.61. The molecule has 0 saturated carbocycles. The molecule has 0 atom stereocenters. The van der Waals surface area contributed by atoms with E-state index in [-0.39, 0.29) is 0 Å². The van der Waals surface area contributed by atoms with Crippen LogP contribution in [0.5, 0.6) is 0 Å². The Balaban J connectivity index is 1.14. The Kier molecular flexibility index (Phi) is 7.41. The lowest BCUT2D eigenvalue weighted by Crippen LogP contribution is -2.10. The first-order chi connectivity index (χ1) is 25.8. The van der Waals surface area contributed by atoms with E-state index in [1.54, 1.807) is 0 Å². The van der Waals surface area contributed by atoms with Crippen LogP contribution in [0, 0.1) is 0 Å². The first-order valence-corrected chi connectivity index (χ1v) is 18.6. The fourth-order valence-electron chi connectivity index (χ4n) is 7.72. The molecule has 0 aliphatic carbocycles. The van der Waals surface area contributed by atoms with Gasteiger partial charge in [0.25, 0.3) is 0 Å². The van der Waals surface area contributed by atoms with Crippen molar-refractivity contribution in [2.75, 3.05) is 4.90 Å². The minimum Gasteiger partial charge on any atom is -0.310 e. The van der Waals surface area contributed by atoms with Gasteiger partial charge in [-0.2, -0.15) is 0 Å². The topological polar surface area (TPSA) is 3.24 Å². The summed E-state index contributed by atoms with van der Waals surface area (Å²) in [7, 11) is 0. The van der Waals surface area contributed by atoms with Crippen LogP contribution in [0.15, 0.2) is 200 Å². The molecule has 0 bridgehead atoms. The van der Waals surface area contributed by atoms with Gasteiger partial charge in [-0.1, -0.05) is 164 Å². The zero-order valence-corrected chi connectivity index (χ0v) is 29.2. The molecule has 0 aliphatic heterocycles. The average Bonchev–Trinajstić information content (AvgIpc) is 3.60. The van der Waals surface area contributed by atoms with Crippen LogP contribution in [-0.2, 0) is 0 Å². The Morgan fingerprint density at radius 2 is 0.904 bits per heavy atom. The van der Waals surface area contributed by atoms with Crippen molar-refractivity contribution in [3.05, 3.63) is 200 Å². The highest BCUT2D eigenvalue weighted by atomic mass is 32.1. The largest absolute Gasteiger partial charge is 0.310 e. The van der Waals surface area contributed by atoms with E-state index in [4.69, 9.17) is 0 Å². The smallest absolute Gasteiger partial charge is 0.0540 e. The van der Waals surface area contributed by atoms with Gasteiger partial charge in [0.1, 0.15) is 0 Å². The van der Waals surface area contributed by atoms with Crippen molar-refractivity contribution < 1.29 is 0 Å². The number of fused-ring (bicyclic) bond motifs is 6. The predicted molar refractivity (Wildman–Crippen MR) is 225 cm³/mol. The fourth-order valence-corrected chi connectivity index (χ4v) is 8.98. The number of benzene rings is 9. The molecule has 10 rings (SSSR count). The number of hydrogen-bond acceptors (Lipinski definition) is 2. The van der Waals surface area contributed by atoms with E-state index in [1.165, 1.54) is 75.1 Å². The van der Waals surface area contributed by atoms with Gasteiger partial charge >= 0.3 is 0 Å². The van der Waals surface area contributed by atoms with E-state index in [9.17, 15) is 0 Å². The Morgan fingerprint density at radius 3 is 1.69 bits per heavy atom. The maximum atomic E-state index is 2.43. The maximum Gasteiger partial charge on any atom is 0.0540 e. The molecular weight excluding hydrogens is 647 g/mol. The molecule has 0 spiro atoms. The molecule has 0 radical (unpaired) electrons. The van der Waals surface area contributed by atoms with Crippen molar-refractivity contribution >= 4 is 70.1 Å². The van der Waals surface area contributed by atoms with Gasteiger partial charge in [-0.3, -0.25) is 0 Å². The number of nitrogens with zero attached hydrogens (tertiary/aromatic N) is 1. The third-order valence-electron chi connectivity index (χ3n) is 10.2. The van der Waals surface area contributed by atoms with Crippen LogP contribution in [-0.4, -0.2) is 0 Å². The van der Waals surface area contributed by atoms with Gasteiger partial charge in [-0.25, -0.2) is 0 Å². The molecule has 244 valence electrons. The van der Waals surface area contributed by atoms with Crippen LogP contribution in [0.4, 0.5) is 17.1 Å². The molecule has 0 saturated heterocycles. The monoisotopic (exact) mass is 679 g/mol. The molecule has 1 aromatic heterocycles. The molecule has 0 unspecified atom stereocenters. The average molecular weight is 680 g/mol. The first kappa shape index (κ1) is 30.4. The first-order valence-electron chi connectivity index (χ1n) is 17.8. The summed E-state index contributed by atoms with van der Waals surface area (Å²) >= 11 is 1.89. The van der Waals surface area contributed by atoms with Crippen LogP contribution in [0.1, 0.15) is 0 Å². The second-order valence-electron chi connectivity index (χ2n) is 13.3. The number of rotatable bonds is 6. The van der Waals surface area contributed by atoms with Gasteiger partial charge in [0.2, 0.25) is 0 Å². The van der Waals surface area contributed by atoms with Crippen molar-refractivity contribution in [3.63, 3.8) is 0 Å². The highest BCUT2D eigenvalue weighted by Gasteiger charge is 2.19. The van der Waals surface area contributed by atoms with E-state index in [0.717, 1.165) is 17.1 Å². The lowest BCUT2D eigenvalue weighted by atomic mass is 9.95. The standard InChI is InChI=1S/C50H33NS/c1-3-13-34(14-4-1)35-25-27-36(28-26-35)39-19-11-20-40(31-39)51(48-24-12-18-37-17-7-8-21-42(37)48)41-29-30-44-47-33-46(38-15-5-2-6-16-38)43-22-9-10-23-45(43)50(47)52-49(44)32-41/h1-33H. The minimum atomic E-state index is 1.12. The Hall–Kier alpha value is -6.48. The van der Waals surface area contributed by atoms with Gasteiger partial charge in [0, 0.05) is 42.3 Å². The summed E-state index contributed by atoms with van der Waals surface area (Å²) in [5.74, 6) is 0. The molecular formula is C50H33NS. The summed E-state index contributed by atoms with van der Waals surface area (Å²) in [5, 5.41) is 7.63. The van der Waals surface area contributed by atoms with Gasteiger partial charge in [0.15, 0.2) is 0 Å². The molecule has 0 aliphatic rings. The number of anilines is 3. The van der Waals surface area contributed by atoms with Crippen LogP contribution in [0.25, 0.3) is 75.1 Å². The molecule has 1 nitrogen and oxygen atoms in total. The quantitative estimate of drug-likeness (QED) is 0.169. The van der Waals surface area contributed by atoms with Crippen molar-refractivity contribution in [3.8, 4) is 33.4 Å². The third-order valence-corrected chi connectivity index (χ3v) is 11.4. The normalized spacial score (nSPS) is 11.5. The second kappa shape index (κ2) is 12.7. The van der Waals surface area contributed by atoms with Gasteiger partial charge in [0.05, 0.1) is 5.69 Å². The highest BCUT2D eigenvalue weighted by molar-refractivity contribution is 7.26. The van der Waals surface area contributed by atoms with Crippen LogP contribution in [0.3, 0.4) is 0 Å². The fraction of sp³-hybridized carbons (Fsp3) is 0. The summed E-state index contributed by atoms with van der Waals surface area (Å²) in [5.41, 5.74) is 10.8. The number of hydrogen-bond donors (Lipinski definition) is 0. The van der Waals surface area contributed by atoms with Gasteiger partial charge in [-0.05, 0) is 80.6 Å². The van der Waals surface area contributed by atoms with Crippen LogP contribution >= 0.6 is 11.3 Å². The Bertz CT molecular complexity index is 2880. The molecule has 52 heavy (non-hydrogen) atoms. The van der Waals surface area contributed by atoms with Crippen molar-refractivity contribution in [2.24, 2.45) is 0 Å². The SMILES string of the molecule is c1ccc(-c2ccc(-c3cccc(N(c4ccc5c(c4)sc4c6ccccc6c(-c6ccccc6)cc54)c4cccc5ccccc45)c3)cc2)cc1. The minimum absolute atomic E-state index is 1.12. The van der Waals surface area contributed by atoms with E-state index in [1.807, 2.05) is 11.3 Å². The van der Waals surface area contributed by atoms with Gasteiger partial charge in [-0.15, -0.1) is 11.3 Å². The molecule has 1 heterocycles. The molecule has 0 amide bonds. The molecule has 0 N–H and O–H groups in total. The summed E-state index contributed by atoms with van der Waals surface area (Å²) in [6.07, 6.45) is 0. The zero-order valence-electron chi connectivity index (χ0n) is 28.4. The summed E-state index contributed by atoms with van der Waals surface area (Å²) in [4.78, 5) is 2.43.